The number of nitrogens with zero attached hydrogens (tertiary/aromatic N) is 2. The molecule has 1 atom stereocenters. The van der Waals surface area contributed by atoms with E-state index >= 15 is 0 Å². The molecule has 3 rings (SSSR count). The highest BCUT2D eigenvalue weighted by molar-refractivity contribution is 7.89. The van der Waals surface area contributed by atoms with E-state index in [0.29, 0.717) is 38.4 Å². The minimum Gasteiger partial charge on any atom is -0.378 e. The maximum Gasteiger partial charge on any atom is 0.243 e. The largest absolute Gasteiger partial charge is 0.378 e. The molecule has 8 nitrogen and oxygen atoms in total. The van der Waals surface area contributed by atoms with Crippen LogP contribution in [0.15, 0.2) is 29.2 Å². The quantitative estimate of drug-likeness (QED) is 0.720. The maximum absolute atomic E-state index is 12.8. The molecule has 0 radical (unpaired) electrons. The Balaban J connectivity index is 1.63. The van der Waals surface area contributed by atoms with Gasteiger partial charge in [-0.05, 0) is 19.1 Å². The zero-order chi connectivity index (χ0) is 18.7. The molecule has 2 heterocycles. The van der Waals surface area contributed by atoms with Crippen LogP contribution in [-0.4, -0.2) is 81.3 Å². The fraction of sp³-hybridized carbons (Fsp3) is 0.529. The number of morpholine rings is 1. The van der Waals surface area contributed by atoms with Gasteiger partial charge in [-0.1, -0.05) is 12.1 Å². The maximum atomic E-state index is 12.8. The monoisotopic (exact) mass is 381 g/mol. The van der Waals surface area contributed by atoms with Gasteiger partial charge in [-0.25, -0.2) is 8.42 Å². The van der Waals surface area contributed by atoms with Crippen molar-refractivity contribution in [1.82, 2.24) is 14.5 Å². The normalized spacial score (nSPS) is 22.2. The molecule has 26 heavy (non-hydrogen) atoms. The van der Waals surface area contributed by atoms with E-state index in [9.17, 15) is 18.0 Å². The van der Waals surface area contributed by atoms with Crippen molar-refractivity contribution in [3.8, 4) is 0 Å². The molecule has 1 unspecified atom stereocenters. The summed E-state index contributed by atoms with van der Waals surface area (Å²) in [5.74, 6) is -0.158. The van der Waals surface area contributed by atoms with E-state index in [1.165, 1.54) is 35.5 Å². The van der Waals surface area contributed by atoms with Crippen LogP contribution in [-0.2, 0) is 19.6 Å². The number of hydrogen-bond donors (Lipinski definition) is 1. The van der Waals surface area contributed by atoms with Gasteiger partial charge in [0.2, 0.25) is 15.9 Å². The van der Waals surface area contributed by atoms with Gasteiger partial charge in [0.05, 0.1) is 18.1 Å². The molecule has 1 amide bonds. The SMILES string of the molecule is CC(=O)c1ccc(S(=O)(=O)N2CCN(C(=O)C3COCCN3)CC2)cc1. The summed E-state index contributed by atoms with van der Waals surface area (Å²) in [4.78, 5) is 25.6. The van der Waals surface area contributed by atoms with Crippen molar-refractivity contribution >= 4 is 21.7 Å². The van der Waals surface area contributed by atoms with Gasteiger partial charge in [-0.3, -0.25) is 9.59 Å². The highest BCUT2D eigenvalue weighted by Gasteiger charge is 2.33. The van der Waals surface area contributed by atoms with Crippen molar-refractivity contribution < 1.29 is 22.7 Å². The van der Waals surface area contributed by atoms with Crippen molar-refractivity contribution in [3.63, 3.8) is 0 Å². The summed E-state index contributed by atoms with van der Waals surface area (Å²) in [6.07, 6.45) is 0. The lowest BCUT2D eigenvalue weighted by Crippen LogP contribution is -2.57. The molecule has 142 valence electrons. The molecule has 0 spiro atoms. The summed E-state index contributed by atoms with van der Waals surface area (Å²) < 4.78 is 32.2. The van der Waals surface area contributed by atoms with Crippen molar-refractivity contribution in [3.05, 3.63) is 29.8 Å². The highest BCUT2D eigenvalue weighted by atomic mass is 32.2. The number of nitrogens with one attached hydrogen (secondary N) is 1. The van der Waals surface area contributed by atoms with Crippen LogP contribution in [0.4, 0.5) is 0 Å². The van der Waals surface area contributed by atoms with Crippen molar-refractivity contribution in [2.45, 2.75) is 17.9 Å². The number of piperazine rings is 1. The second kappa shape index (κ2) is 7.83. The third-order valence-electron chi connectivity index (χ3n) is 4.67. The third-order valence-corrected chi connectivity index (χ3v) is 6.58. The molecule has 1 N–H and O–H groups in total. The lowest BCUT2D eigenvalue weighted by molar-refractivity contribution is -0.137. The van der Waals surface area contributed by atoms with Gasteiger partial charge in [0.15, 0.2) is 5.78 Å². The molecular formula is C17H23N3O5S. The summed E-state index contributed by atoms with van der Waals surface area (Å²) in [6.45, 7) is 4.21. The number of sulfonamides is 1. The lowest BCUT2D eigenvalue weighted by atomic mass is 10.2. The van der Waals surface area contributed by atoms with Crippen molar-refractivity contribution in [1.29, 1.82) is 0 Å². The number of rotatable bonds is 4. The molecule has 1 aromatic carbocycles. The van der Waals surface area contributed by atoms with E-state index in [0.717, 1.165) is 0 Å². The number of hydrogen-bond acceptors (Lipinski definition) is 6. The van der Waals surface area contributed by atoms with Crippen LogP contribution >= 0.6 is 0 Å². The lowest BCUT2D eigenvalue weighted by Gasteiger charge is -2.36. The number of carbonyl (C=O) groups excluding carboxylic acids is 2. The first-order valence-corrected chi connectivity index (χ1v) is 10.0. The zero-order valence-corrected chi connectivity index (χ0v) is 15.5. The molecule has 0 saturated carbocycles. The Morgan fingerprint density at radius 3 is 2.31 bits per heavy atom. The second-order valence-electron chi connectivity index (χ2n) is 6.39. The summed E-state index contributed by atoms with van der Waals surface area (Å²) in [7, 11) is -3.63. The van der Waals surface area contributed by atoms with E-state index < -0.39 is 10.0 Å². The van der Waals surface area contributed by atoms with Crippen LogP contribution in [0.1, 0.15) is 17.3 Å². The molecule has 2 fully saturated rings. The van der Waals surface area contributed by atoms with Gasteiger partial charge >= 0.3 is 0 Å². The highest BCUT2D eigenvalue weighted by Crippen LogP contribution is 2.19. The van der Waals surface area contributed by atoms with E-state index in [2.05, 4.69) is 5.32 Å². The van der Waals surface area contributed by atoms with Crippen LogP contribution < -0.4 is 5.32 Å². The molecule has 0 aromatic heterocycles. The number of amides is 1. The van der Waals surface area contributed by atoms with Crippen LogP contribution in [0.25, 0.3) is 0 Å². The van der Waals surface area contributed by atoms with Gasteiger partial charge in [-0.15, -0.1) is 0 Å². The molecular weight excluding hydrogens is 358 g/mol. The van der Waals surface area contributed by atoms with E-state index in [-0.39, 0.29) is 35.7 Å². The predicted octanol–water partition coefficient (Wildman–Crippen LogP) is -0.289. The van der Waals surface area contributed by atoms with Crippen LogP contribution in [0.2, 0.25) is 0 Å². The van der Waals surface area contributed by atoms with Crippen LogP contribution in [0.5, 0.6) is 0 Å². The average Bonchev–Trinajstić information content (AvgIpc) is 2.68. The second-order valence-corrected chi connectivity index (χ2v) is 8.33. The molecule has 9 heteroatoms. The van der Waals surface area contributed by atoms with Crippen LogP contribution in [0.3, 0.4) is 0 Å². The fourth-order valence-electron chi connectivity index (χ4n) is 3.10. The Hall–Kier alpha value is -1.81. The standard InChI is InChI=1S/C17H23N3O5S/c1-13(21)14-2-4-15(5-3-14)26(23,24)20-9-7-19(8-10-20)17(22)16-12-25-11-6-18-16/h2-5,16,18H,6-12H2,1H3. The van der Waals surface area contributed by atoms with E-state index in [1.807, 2.05) is 0 Å². The van der Waals surface area contributed by atoms with Crippen LogP contribution in [0, 0.1) is 0 Å². The number of ether oxygens (including phenoxy) is 1. The predicted molar refractivity (Wildman–Crippen MR) is 94.4 cm³/mol. The van der Waals surface area contributed by atoms with Crippen molar-refractivity contribution in [2.24, 2.45) is 0 Å². The molecule has 2 aliphatic heterocycles. The first-order valence-electron chi connectivity index (χ1n) is 8.60. The Kier molecular flexibility index (Phi) is 5.71. The smallest absolute Gasteiger partial charge is 0.243 e. The summed E-state index contributed by atoms with van der Waals surface area (Å²) >= 11 is 0. The summed E-state index contributed by atoms with van der Waals surface area (Å²) in [6, 6.07) is 5.58. The minimum atomic E-state index is -3.63. The van der Waals surface area contributed by atoms with Crippen molar-refractivity contribution in [2.75, 3.05) is 45.9 Å². The summed E-state index contributed by atoms with van der Waals surface area (Å²) in [5, 5.41) is 3.12. The summed E-state index contributed by atoms with van der Waals surface area (Å²) in [5.41, 5.74) is 0.474. The molecule has 0 bridgehead atoms. The van der Waals surface area contributed by atoms with Gasteiger partial charge < -0.3 is 15.0 Å². The minimum absolute atomic E-state index is 0.0486. The van der Waals surface area contributed by atoms with E-state index in [1.54, 1.807) is 4.90 Å². The molecule has 2 aliphatic rings. The Morgan fingerprint density at radius 2 is 1.77 bits per heavy atom. The number of Topliss-reactive ketones (excluding diaryl/α,β-unsaturated/α-hetero) is 1. The fourth-order valence-corrected chi connectivity index (χ4v) is 4.53. The van der Waals surface area contributed by atoms with Gasteiger partial charge in [0, 0.05) is 38.3 Å². The topological polar surface area (TPSA) is 96.0 Å². The molecule has 0 aliphatic carbocycles. The third kappa shape index (κ3) is 3.96. The number of ketones is 1. The molecule has 1 aromatic rings. The number of benzene rings is 1. The Bertz CT molecular complexity index is 764. The first kappa shape index (κ1) is 19.0. The van der Waals surface area contributed by atoms with E-state index in [4.69, 9.17) is 4.74 Å². The molecule has 2 saturated heterocycles. The Labute approximate surface area is 153 Å². The van der Waals surface area contributed by atoms with Gasteiger partial charge in [-0.2, -0.15) is 4.31 Å². The Morgan fingerprint density at radius 1 is 1.12 bits per heavy atom. The average molecular weight is 381 g/mol. The zero-order valence-electron chi connectivity index (χ0n) is 14.7. The van der Waals surface area contributed by atoms with Gasteiger partial charge in [0.25, 0.3) is 0 Å². The first-order chi connectivity index (χ1) is 12.4. The number of carbonyl (C=O) groups is 2. The van der Waals surface area contributed by atoms with Gasteiger partial charge in [0.1, 0.15) is 6.04 Å².